The van der Waals surface area contributed by atoms with Gasteiger partial charge < -0.3 is 4.74 Å². The summed E-state index contributed by atoms with van der Waals surface area (Å²) in [6.45, 7) is 0. The summed E-state index contributed by atoms with van der Waals surface area (Å²) >= 11 is 7.98. The number of hydrogen-bond acceptors (Lipinski definition) is 4. The molecule has 0 spiro atoms. The number of nitrogens with zero attached hydrogens (tertiary/aromatic N) is 2. The van der Waals surface area contributed by atoms with Crippen LogP contribution in [0.5, 0.6) is 5.88 Å². The molecule has 0 amide bonds. The molecule has 0 fully saturated rings. The van der Waals surface area contributed by atoms with E-state index in [1.165, 1.54) is 12.4 Å². The van der Waals surface area contributed by atoms with Crippen LogP contribution in [0.4, 0.5) is 4.79 Å². The van der Waals surface area contributed by atoms with Crippen LogP contribution in [-0.4, -0.2) is 15.4 Å². The number of rotatable bonds is 1. The summed E-state index contributed by atoms with van der Waals surface area (Å²) in [6.07, 6.45) is 2.68. The largest absolute Gasteiger partial charge is 0.410 e. The van der Waals surface area contributed by atoms with Gasteiger partial charge >= 0.3 is 5.43 Å². The molecule has 11 heavy (non-hydrogen) atoms. The zero-order valence-electron chi connectivity index (χ0n) is 5.12. The highest BCUT2D eigenvalue weighted by Gasteiger charge is 2.00. The van der Waals surface area contributed by atoms with E-state index in [2.05, 4.69) is 30.6 Å². The van der Waals surface area contributed by atoms with Crippen molar-refractivity contribution >= 4 is 33.0 Å². The molecular formula is C5H2BrClN2O2. The van der Waals surface area contributed by atoms with E-state index in [4.69, 9.17) is 11.6 Å². The molecule has 0 unspecified atom stereocenters. The molecule has 0 aliphatic rings. The molecule has 1 heterocycles. The highest BCUT2D eigenvalue weighted by molar-refractivity contribution is 9.10. The molecule has 0 aromatic carbocycles. The van der Waals surface area contributed by atoms with E-state index in [-0.39, 0.29) is 5.88 Å². The molecule has 6 heteroatoms. The minimum absolute atomic E-state index is 0.0770. The van der Waals surface area contributed by atoms with Crippen molar-refractivity contribution in [2.75, 3.05) is 0 Å². The van der Waals surface area contributed by atoms with Gasteiger partial charge in [-0.15, -0.1) is 0 Å². The molecule has 0 atom stereocenters. The van der Waals surface area contributed by atoms with Gasteiger partial charge in [0.1, 0.15) is 4.60 Å². The second kappa shape index (κ2) is 3.64. The van der Waals surface area contributed by atoms with E-state index in [1.807, 2.05) is 0 Å². The molecule has 4 nitrogen and oxygen atoms in total. The van der Waals surface area contributed by atoms with Crippen molar-refractivity contribution in [1.29, 1.82) is 0 Å². The molecule has 58 valence electrons. The van der Waals surface area contributed by atoms with Crippen molar-refractivity contribution < 1.29 is 9.53 Å². The van der Waals surface area contributed by atoms with Crippen LogP contribution in [0, 0.1) is 0 Å². The first kappa shape index (κ1) is 8.42. The maximum absolute atomic E-state index is 10.2. The quantitative estimate of drug-likeness (QED) is 0.701. The van der Waals surface area contributed by atoms with Crippen LogP contribution in [-0.2, 0) is 0 Å². The standard InChI is InChI=1S/C5H2BrClN2O2/c6-3-1-9-4(2-8-3)11-5(7)10/h1-2H. The highest BCUT2D eigenvalue weighted by Crippen LogP contribution is 2.08. The first-order valence-corrected chi connectivity index (χ1v) is 3.70. The first-order chi connectivity index (χ1) is 5.18. The molecule has 1 aromatic heterocycles. The topological polar surface area (TPSA) is 52.1 Å². The Bertz CT molecular complexity index is 264. The number of carbonyl (C=O) groups is 1. The van der Waals surface area contributed by atoms with Gasteiger partial charge in [-0.25, -0.2) is 14.8 Å². The summed E-state index contributed by atoms with van der Waals surface area (Å²) in [4.78, 5) is 17.6. The fourth-order valence-electron chi connectivity index (χ4n) is 0.435. The van der Waals surface area contributed by atoms with Crippen LogP contribution in [0.2, 0.25) is 0 Å². The van der Waals surface area contributed by atoms with Crippen molar-refractivity contribution in [3.8, 4) is 5.88 Å². The molecule has 0 saturated heterocycles. The van der Waals surface area contributed by atoms with Gasteiger partial charge in [-0.2, -0.15) is 0 Å². The predicted octanol–water partition coefficient (Wildman–Crippen LogP) is 1.98. The van der Waals surface area contributed by atoms with Crippen molar-refractivity contribution in [2.24, 2.45) is 0 Å². The Morgan fingerprint density at radius 3 is 2.73 bits per heavy atom. The van der Waals surface area contributed by atoms with Crippen LogP contribution in [0.25, 0.3) is 0 Å². The zero-order chi connectivity index (χ0) is 8.27. The number of carbonyl (C=O) groups excluding carboxylic acids is 1. The molecule has 0 aliphatic heterocycles. The third-order valence-corrected chi connectivity index (χ3v) is 1.27. The maximum Gasteiger partial charge on any atom is 0.410 e. The molecule has 0 saturated carbocycles. The van der Waals surface area contributed by atoms with Crippen LogP contribution in [0.3, 0.4) is 0 Å². The van der Waals surface area contributed by atoms with Crippen LogP contribution >= 0.6 is 27.5 Å². The third kappa shape index (κ3) is 2.81. The summed E-state index contributed by atoms with van der Waals surface area (Å²) in [5.74, 6) is 0.0770. The number of aromatic nitrogens is 2. The van der Waals surface area contributed by atoms with Gasteiger partial charge in [0.25, 0.3) is 0 Å². The first-order valence-electron chi connectivity index (χ1n) is 2.53. The zero-order valence-corrected chi connectivity index (χ0v) is 7.46. The van der Waals surface area contributed by atoms with E-state index in [9.17, 15) is 4.79 Å². The van der Waals surface area contributed by atoms with E-state index >= 15 is 0 Å². The fraction of sp³-hybridized carbons (Fsp3) is 0. The lowest BCUT2D eigenvalue weighted by Gasteiger charge is -1.95. The van der Waals surface area contributed by atoms with Gasteiger partial charge in [0.05, 0.1) is 12.4 Å². The Morgan fingerprint density at radius 2 is 2.27 bits per heavy atom. The van der Waals surface area contributed by atoms with Gasteiger partial charge in [0.2, 0.25) is 5.88 Å². The minimum Gasteiger partial charge on any atom is -0.394 e. The Balaban J connectivity index is 2.74. The Kier molecular flexibility index (Phi) is 2.78. The lowest BCUT2D eigenvalue weighted by molar-refractivity contribution is 0.223. The summed E-state index contributed by atoms with van der Waals surface area (Å²) < 4.78 is 4.96. The van der Waals surface area contributed by atoms with E-state index in [0.717, 1.165) is 0 Å². The van der Waals surface area contributed by atoms with Gasteiger partial charge in [-0.05, 0) is 15.9 Å². The predicted molar refractivity (Wildman–Crippen MR) is 41.6 cm³/mol. The summed E-state index contributed by atoms with van der Waals surface area (Å²) in [5, 5.41) is 0. The van der Waals surface area contributed by atoms with Gasteiger partial charge in [-0.1, -0.05) is 0 Å². The number of halogens is 2. The smallest absolute Gasteiger partial charge is 0.394 e. The lowest BCUT2D eigenvalue weighted by Crippen LogP contribution is -1.98. The maximum atomic E-state index is 10.2. The van der Waals surface area contributed by atoms with Crippen LogP contribution in [0.1, 0.15) is 0 Å². The Labute approximate surface area is 75.7 Å². The summed E-state index contributed by atoms with van der Waals surface area (Å²) in [6, 6.07) is 0. The average Bonchev–Trinajstić information content (AvgIpc) is 1.93. The van der Waals surface area contributed by atoms with Gasteiger partial charge in [0, 0.05) is 11.6 Å². The molecule has 0 bridgehead atoms. The van der Waals surface area contributed by atoms with E-state index in [1.54, 1.807) is 0 Å². The molecule has 1 aromatic rings. The Hall–Kier alpha value is -0.680. The molecule has 0 aliphatic carbocycles. The van der Waals surface area contributed by atoms with E-state index in [0.29, 0.717) is 4.60 Å². The second-order valence-corrected chi connectivity index (χ2v) is 2.64. The van der Waals surface area contributed by atoms with Crippen molar-refractivity contribution in [3.05, 3.63) is 17.0 Å². The summed E-state index contributed by atoms with van der Waals surface area (Å²) in [7, 11) is 0. The van der Waals surface area contributed by atoms with Gasteiger partial charge in [0.15, 0.2) is 0 Å². The second-order valence-electron chi connectivity index (χ2n) is 1.52. The van der Waals surface area contributed by atoms with Gasteiger partial charge in [-0.3, -0.25) is 0 Å². The number of hydrogen-bond donors (Lipinski definition) is 0. The third-order valence-electron chi connectivity index (χ3n) is 0.781. The molecule has 0 radical (unpaired) electrons. The van der Waals surface area contributed by atoms with Crippen LogP contribution in [0.15, 0.2) is 17.0 Å². The molecule has 1 rings (SSSR count). The van der Waals surface area contributed by atoms with Crippen molar-refractivity contribution in [2.45, 2.75) is 0 Å². The highest BCUT2D eigenvalue weighted by atomic mass is 79.9. The van der Waals surface area contributed by atoms with E-state index < -0.39 is 5.43 Å². The average molecular weight is 237 g/mol. The van der Waals surface area contributed by atoms with Crippen molar-refractivity contribution in [3.63, 3.8) is 0 Å². The molecule has 0 N–H and O–H groups in total. The monoisotopic (exact) mass is 236 g/mol. The van der Waals surface area contributed by atoms with Crippen molar-refractivity contribution in [1.82, 2.24) is 9.97 Å². The SMILES string of the molecule is O=C(Cl)Oc1cnc(Br)cn1. The normalized spacial score (nSPS) is 9.27. The molecular weight excluding hydrogens is 235 g/mol. The lowest BCUT2D eigenvalue weighted by atomic mass is 10.7. The Morgan fingerprint density at radius 1 is 1.55 bits per heavy atom. The minimum atomic E-state index is -0.929. The fourth-order valence-corrected chi connectivity index (χ4v) is 0.719. The number of ether oxygens (including phenoxy) is 1. The van der Waals surface area contributed by atoms with Crippen LogP contribution < -0.4 is 4.74 Å². The summed E-state index contributed by atoms with van der Waals surface area (Å²) in [5.41, 5.74) is -0.929.